The zero-order valence-corrected chi connectivity index (χ0v) is 10.7. The van der Waals surface area contributed by atoms with E-state index < -0.39 is 0 Å². The number of hydrogen-bond acceptors (Lipinski definition) is 1. The molecule has 2 aromatic rings. The first-order valence-corrected chi connectivity index (χ1v) is 6.14. The quantitative estimate of drug-likeness (QED) is 0.693. The number of para-hydroxylation sites is 1. The van der Waals surface area contributed by atoms with Crippen LogP contribution in [0.3, 0.4) is 0 Å². The number of aryl methyl sites for hydroxylation is 2. The van der Waals surface area contributed by atoms with Crippen LogP contribution in [0.1, 0.15) is 16.7 Å². The number of ether oxygens (including phenoxy) is 1. The lowest BCUT2D eigenvalue weighted by Crippen LogP contribution is -2.21. The highest BCUT2D eigenvalue weighted by Crippen LogP contribution is 2.27. The third kappa shape index (κ3) is 1.90. The van der Waals surface area contributed by atoms with Crippen molar-refractivity contribution >= 4 is 11.9 Å². The summed E-state index contributed by atoms with van der Waals surface area (Å²) in [7, 11) is 0. The normalized spacial score (nSPS) is 13.6. The van der Waals surface area contributed by atoms with Gasteiger partial charge < -0.3 is 4.74 Å². The zero-order chi connectivity index (χ0) is 12.5. The molecule has 0 radical (unpaired) electrons. The molecule has 90 valence electrons. The van der Waals surface area contributed by atoms with Crippen molar-refractivity contribution in [3.8, 4) is 5.75 Å². The lowest BCUT2D eigenvalue weighted by atomic mass is 10.1. The summed E-state index contributed by atoms with van der Waals surface area (Å²) < 4.78 is 8.00. The van der Waals surface area contributed by atoms with Crippen molar-refractivity contribution in [1.82, 2.24) is 0 Å². The van der Waals surface area contributed by atoms with Gasteiger partial charge in [-0.2, -0.15) is 4.58 Å². The lowest BCUT2D eigenvalue weighted by Gasteiger charge is -2.16. The molecule has 0 amide bonds. The Morgan fingerprint density at radius 2 is 1.83 bits per heavy atom. The van der Waals surface area contributed by atoms with Gasteiger partial charge in [0.15, 0.2) is 6.21 Å². The topological polar surface area (TPSA) is 12.2 Å². The fraction of sp³-hybridized carbons (Fsp3) is 0.188. The minimum absolute atomic E-state index is 0.570. The molecular weight excluding hydrogens is 222 g/mol. The summed E-state index contributed by atoms with van der Waals surface area (Å²) >= 11 is 0. The summed E-state index contributed by atoms with van der Waals surface area (Å²) in [5.41, 5.74) is 4.78. The molecule has 0 aliphatic carbocycles. The van der Waals surface area contributed by atoms with Crippen molar-refractivity contribution in [2.24, 2.45) is 0 Å². The highest BCUT2D eigenvalue weighted by molar-refractivity contribution is 5.82. The van der Waals surface area contributed by atoms with Gasteiger partial charge in [0, 0.05) is 12.1 Å². The molecule has 1 aliphatic rings. The second kappa shape index (κ2) is 4.30. The van der Waals surface area contributed by atoms with Crippen molar-refractivity contribution in [2.75, 3.05) is 6.73 Å². The summed E-state index contributed by atoms with van der Waals surface area (Å²) in [5, 5.41) is 0. The first-order chi connectivity index (χ1) is 8.74. The molecule has 0 atom stereocenters. The average Bonchev–Trinajstić information content (AvgIpc) is 2.39. The maximum absolute atomic E-state index is 5.87. The minimum Gasteiger partial charge on any atom is -0.435 e. The lowest BCUT2D eigenvalue weighted by molar-refractivity contribution is -0.476. The number of hydrogen-bond donors (Lipinski definition) is 0. The molecule has 3 rings (SSSR count). The van der Waals surface area contributed by atoms with E-state index in [0.29, 0.717) is 6.73 Å². The molecule has 1 heterocycles. The Hall–Kier alpha value is -2.09. The van der Waals surface area contributed by atoms with E-state index in [-0.39, 0.29) is 0 Å². The predicted octanol–water partition coefficient (Wildman–Crippen LogP) is 3.42. The van der Waals surface area contributed by atoms with E-state index in [0.717, 1.165) is 17.0 Å². The summed E-state index contributed by atoms with van der Waals surface area (Å²) in [6, 6.07) is 14.6. The highest BCUT2D eigenvalue weighted by atomic mass is 16.5. The van der Waals surface area contributed by atoms with Crippen LogP contribution in [0.25, 0.3) is 0 Å². The van der Waals surface area contributed by atoms with Crippen LogP contribution in [0.5, 0.6) is 5.75 Å². The summed E-state index contributed by atoms with van der Waals surface area (Å²) in [6.07, 6.45) is 2.16. The monoisotopic (exact) mass is 238 g/mol. The van der Waals surface area contributed by atoms with Gasteiger partial charge in [0.1, 0.15) is 5.75 Å². The Balaban J connectivity index is 2.09. The van der Waals surface area contributed by atoms with E-state index in [1.54, 1.807) is 0 Å². The molecule has 0 bridgehead atoms. The second-order valence-corrected chi connectivity index (χ2v) is 4.71. The van der Waals surface area contributed by atoms with Gasteiger partial charge in [0.25, 0.3) is 6.73 Å². The zero-order valence-electron chi connectivity index (χ0n) is 10.7. The average molecular weight is 238 g/mol. The van der Waals surface area contributed by atoms with Gasteiger partial charge in [-0.05, 0) is 31.0 Å². The number of nitrogens with zero attached hydrogens (tertiary/aromatic N) is 1. The van der Waals surface area contributed by atoms with E-state index in [9.17, 15) is 0 Å². The number of rotatable bonds is 1. The fourth-order valence-corrected chi connectivity index (χ4v) is 2.39. The molecule has 2 nitrogen and oxygen atoms in total. The Morgan fingerprint density at radius 3 is 2.61 bits per heavy atom. The Kier molecular flexibility index (Phi) is 2.63. The summed E-state index contributed by atoms with van der Waals surface area (Å²) in [6.45, 7) is 4.78. The standard InChI is InChI=1S/C16H16NO/c1-12-8-13(2)16-14(9-12)10-17(11-18-16)15-6-4-3-5-7-15/h3-10H,11H2,1-2H3/q+1. The predicted molar refractivity (Wildman–Crippen MR) is 72.9 cm³/mol. The number of fused-ring (bicyclic) bond motifs is 1. The Morgan fingerprint density at radius 1 is 1.06 bits per heavy atom. The maximum atomic E-state index is 5.87. The molecule has 0 saturated heterocycles. The van der Waals surface area contributed by atoms with Crippen LogP contribution < -0.4 is 4.74 Å². The van der Waals surface area contributed by atoms with Crippen LogP contribution in [-0.4, -0.2) is 17.5 Å². The molecule has 1 aliphatic heterocycles. The van der Waals surface area contributed by atoms with Crippen molar-refractivity contribution in [1.29, 1.82) is 0 Å². The molecule has 18 heavy (non-hydrogen) atoms. The van der Waals surface area contributed by atoms with E-state index in [2.05, 4.69) is 48.9 Å². The first kappa shape index (κ1) is 11.0. The molecule has 2 heteroatoms. The third-order valence-electron chi connectivity index (χ3n) is 3.18. The van der Waals surface area contributed by atoms with Crippen LogP contribution in [0.2, 0.25) is 0 Å². The molecular formula is C16H16NO+. The smallest absolute Gasteiger partial charge is 0.292 e. The first-order valence-electron chi connectivity index (χ1n) is 6.14. The van der Waals surface area contributed by atoms with Gasteiger partial charge in [-0.15, -0.1) is 0 Å². The van der Waals surface area contributed by atoms with Crippen LogP contribution in [-0.2, 0) is 0 Å². The third-order valence-corrected chi connectivity index (χ3v) is 3.18. The van der Waals surface area contributed by atoms with Gasteiger partial charge >= 0.3 is 0 Å². The van der Waals surface area contributed by atoms with Crippen molar-refractivity contribution in [3.63, 3.8) is 0 Å². The molecule has 0 N–H and O–H groups in total. The van der Waals surface area contributed by atoms with Gasteiger partial charge in [-0.3, -0.25) is 0 Å². The van der Waals surface area contributed by atoms with E-state index >= 15 is 0 Å². The van der Waals surface area contributed by atoms with Crippen molar-refractivity contribution in [2.45, 2.75) is 13.8 Å². The second-order valence-electron chi connectivity index (χ2n) is 4.71. The van der Waals surface area contributed by atoms with Crippen LogP contribution in [0.15, 0.2) is 42.5 Å². The maximum Gasteiger partial charge on any atom is 0.292 e. The van der Waals surface area contributed by atoms with E-state index in [1.165, 1.54) is 11.1 Å². The molecule has 0 unspecified atom stereocenters. The number of benzene rings is 2. The van der Waals surface area contributed by atoms with E-state index in [4.69, 9.17) is 4.74 Å². The molecule has 0 aromatic heterocycles. The molecule has 2 aromatic carbocycles. The molecule has 0 fully saturated rings. The van der Waals surface area contributed by atoms with Crippen molar-refractivity contribution < 1.29 is 9.31 Å². The van der Waals surface area contributed by atoms with Crippen LogP contribution in [0.4, 0.5) is 5.69 Å². The van der Waals surface area contributed by atoms with E-state index in [1.807, 2.05) is 18.2 Å². The summed E-state index contributed by atoms with van der Waals surface area (Å²) in [4.78, 5) is 0. The fourth-order valence-electron chi connectivity index (χ4n) is 2.39. The van der Waals surface area contributed by atoms with Crippen molar-refractivity contribution in [3.05, 3.63) is 59.2 Å². The summed E-state index contributed by atoms with van der Waals surface area (Å²) in [5.74, 6) is 1.01. The molecule has 0 spiro atoms. The van der Waals surface area contributed by atoms with Crippen LogP contribution >= 0.6 is 0 Å². The largest absolute Gasteiger partial charge is 0.435 e. The Labute approximate surface area is 107 Å². The van der Waals surface area contributed by atoms with Gasteiger partial charge in [-0.25, -0.2) is 0 Å². The van der Waals surface area contributed by atoms with Crippen LogP contribution in [0, 0.1) is 13.8 Å². The van der Waals surface area contributed by atoms with Gasteiger partial charge in [0.05, 0.1) is 5.56 Å². The minimum atomic E-state index is 0.570. The Bertz CT molecular complexity index is 614. The molecule has 0 saturated carbocycles. The SMILES string of the molecule is Cc1cc(C)c2c(c1)C=[N+](c1ccccc1)CO2. The highest BCUT2D eigenvalue weighted by Gasteiger charge is 2.20. The van der Waals surface area contributed by atoms with Gasteiger partial charge in [-0.1, -0.05) is 24.3 Å². The van der Waals surface area contributed by atoms with Gasteiger partial charge in [0.2, 0.25) is 5.69 Å².